The van der Waals surface area contributed by atoms with Crippen LogP contribution in [-0.4, -0.2) is 36.5 Å². The Labute approximate surface area is 137 Å². The van der Waals surface area contributed by atoms with E-state index in [1.807, 2.05) is 6.92 Å². The van der Waals surface area contributed by atoms with Crippen LogP contribution in [0.3, 0.4) is 0 Å². The van der Waals surface area contributed by atoms with Gasteiger partial charge in [0.15, 0.2) is 0 Å². The maximum Gasteiger partial charge on any atom is 0.432 e. The summed E-state index contributed by atoms with van der Waals surface area (Å²) in [5.74, 6) is -1.60. The van der Waals surface area contributed by atoms with Crippen LogP contribution in [0.5, 0.6) is 0 Å². The lowest BCUT2D eigenvalue weighted by Gasteiger charge is -2.26. The van der Waals surface area contributed by atoms with Gasteiger partial charge < -0.3 is 4.74 Å². The van der Waals surface area contributed by atoms with Crippen LogP contribution < -0.4 is 0 Å². The molecular formula is C13H21F5O5S. The summed E-state index contributed by atoms with van der Waals surface area (Å²) in [4.78, 5) is 11.3. The van der Waals surface area contributed by atoms with Crippen LogP contribution in [0.1, 0.15) is 58.3 Å². The first kappa shape index (κ1) is 23.0. The predicted octanol–water partition coefficient (Wildman–Crippen LogP) is 4.08. The van der Waals surface area contributed by atoms with Gasteiger partial charge >= 0.3 is 27.5 Å². The first-order chi connectivity index (χ1) is 10.8. The lowest BCUT2D eigenvalue weighted by Crippen LogP contribution is -2.52. The van der Waals surface area contributed by atoms with Crippen LogP contribution in [0.15, 0.2) is 0 Å². The molecule has 0 radical (unpaired) electrons. The van der Waals surface area contributed by atoms with Crippen molar-refractivity contribution >= 4 is 16.1 Å². The summed E-state index contributed by atoms with van der Waals surface area (Å²) in [6.07, 6.45) is -5.34. The van der Waals surface area contributed by atoms with E-state index in [0.717, 1.165) is 32.1 Å². The molecule has 1 N–H and O–H groups in total. The molecule has 11 heteroatoms. The number of esters is 1. The Balaban J connectivity index is 4.55. The Bertz CT molecular complexity index is 489. The molecular weight excluding hydrogens is 363 g/mol. The van der Waals surface area contributed by atoms with E-state index in [1.165, 1.54) is 0 Å². The molecule has 144 valence electrons. The lowest BCUT2D eigenvalue weighted by molar-refractivity contribution is -0.259. The third-order valence-electron chi connectivity index (χ3n) is 3.18. The molecule has 0 aromatic rings. The van der Waals surface area contributed by atoms with E-state index in [-0.39, 0.29) is 6.42 Å². The molecule has 0 fully saturated rings. The summed E-state index contributed by atoms with van der Waals surface area (Å²) in [6, 6.07) is 0. The van der Waals surface area contributed by atoms with Crippen LogP contribution in [0, 0.1) is 0 Å². The molecule has 0 rings (SSSR count). The minimum Gasteiger partial charge on any atom is -0.445 e. The molecule has 0 aromatic carbocycles. The van der Waals surface area contributed by atoms with E-state index in [1.54, 1.807) is 0 Å². The Morgan fingerprint density at radius 3 is 1.88 bits per heavy atom. The van der Waals surface area contributed by atoms with Gasteiger partial charge in [-0.2, -0.15) is 30.4 Å². The fourth-order valence-corrected chi connectivity index (χ4v) is 2.33. The highest BCUT2D eigenvalue weighted by Gasteiger charge is 2.65. The Hall–Kier alpha value is -0.970. The van der Waals surface area contributed by atoms with Gasteiger partial charge in [-0.3, -0.25) is 9.35 Å². The van der Waals surface area contributed by atoms with Crippen LogP contribution in [0.2, 0.25) is 0 Å². The van der Waals surface area contributed by atoms with Crippen molar-refractivity contribution in [1.29, 1.82) is 0 Å². The van der Waals surface area contributed by atoms with Crippen molar-refractivity contribution in [3.8, 4) is 0 Å². The number of hydrogen-bond acceptors (Lipinski definition) is 4. The lowest BCUT2D eigenvalue weighted by atomic mass is 10.1. The van der Waals surface area contributed by atoms with Gasteiger partial charge in [0.25, 0.3) is 6.10 Å². The van der Waals surface area contributed by atoms with Gasteiger partial charge in [0, 0.05) is 6.42 Å². The van der Waals surface area contributed by atoms with Gasteiger partial charge in [-0.05, 0) is 6.42 Å². The number of hydrogen-bond donors (Lipinski definition) is 1. The average molecular weight is 384 g/mol. The smallest absolute Gasteiger partial charge is 0.432 e. The second-order valence-electron chi connectivity index (χ2n) is 5.32. The quantitative estimate of drug-likeness (QED) is 0.251. The van der Waals surface area contributed by atoms with Gasteiger partial charge in [0.1, 0.15) is 0 Å². The molecule has 5 nitrogen and oxygen atoms in total. The van der Waals surface area contributed by atoms with E-state index in [9.17, 15) is 35.2 Å². The topological polar surface area (TPSA) is 80.7 Å². The van der Waals surface area contributed by atoms with Crippen molar-refractivity contribution in [2.45, 2.75) is 75.8 Å². The average Bonchev–Trinajstić information content (AvgIpc) is 2.41. The van der Waals surface area contributed by atoms with Gasteiger partial charge in [-0.15, -0.1) is 0 Å². The molecule has 0 spiro atoms. The number of unbranched alkanes of at least 4 members (excludes halogenated alkanes) is 6. The fourth-order valence-electron chi connectivity index (χ4n) is 1.88. The molecule has 0 aliphatic carbocycles. The summed E-state index contributed by atoms with van der Waals surface area (Å²) in [6.45, 7) is 2.02. The molecule has 1 unspecified atom stereocenters. The monoisotopic (exact) mass is 384 g/mol. The van der Waals surface area contributed by atoms with Gasteiger partial charge in [0.2, 0.25) is 0 Å². The summed E-state index contributed by atoms with van der Waals surface area (Å²) in [7, 11) is -6.40. The zero-order valence-electron chi connectivity index (χ0n) is 13.1. The summed E-state index contributed by atoms with van der Waals surface area (Å²) >= 11 is 0. The van der Waals surface area contributed by atoms with E-state index in [2.05, 4.69) is 4.74 Å². The van der Waals surface area contributed by atoms with Crippen molar-refractivity contribution in [3.05, 3.63) is 0 Å². The van der Waals surface area contributed by atoms with Crippen molar-refractivity contribution in [3.63, 3.8) is 0 Å². The van der Waals surface area contributed by atoms with Crippen molar-refractivity contribution in [2.24, 2.45) is 0 Å². The summed E-state index contributed by atoms with van der Waals surface area (Å²) in [5.41, 5.74) is 0. The molecule has 0 saturated heterocycles. The zero-order chi connectivity index (χ0) is 19.0. The first-order valence-electron chi connectivity index (χ1n) is 7.45. The standard InChI is InChI=1S/C13H21F5O5S/c1-2-3-4-5-6-7-8-9-10(19)23-11(12(14,15)16)13(17,18)24(20,21)22/h11H,2-9H2,1H3,(H,20,21,22). The maximum absolute atomic E-state index is 13.2. The first-order valence-corrected chi connectivity index (χ1v) is 8.89. The Morgan fingerprint density at radius 2 is 1.46 bits per heavy atom. The molecule has 0 aliphatic heterocycles. The van der Waals surface area contributed by atoms with E-state index in [4.69, 9.17) is 4.55 Å². The molecule has 0 heterocycles. The van der Waals surface area contributed by atoms with Crippen molar-refractivity contribution in [2.75, 3.05) is 0 Å². The van der Waals surface area contributed by atoms with Crippen LogP contribution in [0.4, 0.5) is 22.0 Å². The predicted molar refractivity (Wildman–Crippen MR) is 75.0 cm³/mol. The summed E-state index contributed by atoms with van der Waals surface area (Å²) in [5, 5.41) is -5.68. The molecule has 0 aromatic heterocycles. The molecule has 0 amide bonds. The van der Waals surface area contributed by atoms with Crippen molar-refractivity contribution < 1.29 is 44.5 Å². The number of ether oxygens (including phenoxy) is 1. The molecule has 0 bridgehead atoms. The Morgan fingerprint density at radius 1 is 1.00 bits per heavy atom. The number of alkyl halides is 5. The van der Waals surface area contributed by atoms with Crippen LogP contribution in [0.25, 0.3) is 0 Å². The third-order valence-corrected chi connectivity index (χ3v) is 4.08. The van der Waals surface area contributed by atoms with E-state index >= 15 is 0 Å². The second kappa shape index (κ2) is 9.50. The number of carbonyl (C=O) groups is 1. The molecule has 0 saturated carbocycles. The highest BCUT2D eigenvalue weighted by Crippen LogP contribution is 2.38. The minimum atomic E-state index is -6.40. The van der Waals surface area contributed by atoms with Gasteiger partial charge in [-0.25, -0.2) is 0 Å². The summed E-state index contributed by atoms with van der Waals surface area (Å²) < 4.78 is 96.6. The number of carbonyl (C=O) groups excluding carboxylic acids is 1. The van der Waals surface area contributed by atoms with Crippen LogP contribution in [-0.2, 0) is 19.6 Å². The molecule has 1 atom stereocenters. The SMILES string of the molecule is CCCCCCCCCC(=O)OC(C(F)(F)F)C(F)(F)S(=O)(=O)O. The zero-order valence-corrected chi connectivity index (χ0v) is 13.9. The molecule has 0 aliphatic rings. The highest BCUT2D eigenvalue weighted by atomic mass is 32.2. The normalized spacial score (nSPS) is 14.5. The second-order valence-corrected chi connectivity index (χ2v) is 6.81. The maximum atomic E-state index is 13.2. The van der Waals surface area contributed by atoms with Gasteiger partial charge in [0.05, 0.1) is 0 Å². The molecule has 24 heavy (non-hydrogen) atoms. The van der Waals surface area contributed by atoms with Gasteiger partial charge in [-0.1, -0.05) is 45.4 Å². The van der Waals surface area contributed by atoms with E-state index in [0.29, 0.717) is 6.42 Å². The third kappa shape index (κ3) is 7.73. The Kier molecular flexibility index (Phi) is 9.11. The number of rotatable bonds is 11. The fraction of sp³-hybridized carbons (Fsp3) is 0.923. The van der Waals surface area contributed by atoms with Crippen molar-refractivity contribution in [1.82, 2.24) is 0 Å². The highest BCUT2D eigenvalue weighted by molar-refractivity contribution is 7.86. The van der Waals surface area contributed by atoms with E-state index < -0.39 is 40.0 Å². The number of halogens is 5. The minimum absolute atomic E-state index is 0.132. The largest absolute Gasteiger partial charge is 0.445 e. The van der Waals surface area contributed by atoms with Crippen LogP contribution >= 0.6 is 0 Å².